The third kappa shape index (κ3) is 4.28. The predicted molar refractivity (Wildman–Crippen MR) is 115 cm³/mol. The number of nitrogens with one attached hydrogen (secondary N) is 1. The van der Waals surface area contributed by atoms with E-state index in [1.807, 2.05) is 48.5 Å². The van der Waals surface area contributed by atoms with Crippen molar-refractivity contribution in [1.82, 2.24) is 5.32 Å². The van der Waals surface area contributed by atoms with Crippen molar-refractivity contribution in [1.29, 1.82) is 0 Å². The van der Waals surface area contributed by atoms with Gasteiger partial charge in [0.1, 0.15) is 5.75 Å². The summed E-state index contributed by atoms with van der Waals surface area (Å²) in [7, 11) is 0. The Morgan fingerprint density at radius 2 is 1.69 bits per heavy atom. The summed E-state index contributed by atoms with van der Waals surface area (Å²) in [6.45, 7) is 3.82. The van der Waals surface area contributed by atoms with Crippen LogP contribution < -0.4 is 10.1 Å². The van der Waals surface area contributed by atoms with Gasteiger partial charge in [0.05, 0.1) is 0 Å². The summed E-state index contributed by atoms with van der Waals surface area (Å²) in [5, 5.41) is 5.25. The molecule has 1 aliphatic rings. The fourth-order valence-corrected chi connectivity index (χ4v) is 4.06. The molecule has 4 rings (SSSR count). The molecular weight excluding hydrogens is 362 g/mol. The molecule has 0 aliphatic carbocycles. The largest absolute Gasteiger partial charge is 0.480 e. The molecule has 0 aromatic heterocycles. The van der Waals surface area contributed by atoms with Crippen molar-refractivity contribution in [2.75, 3.05) is 19.8 Å². The van der Waals surface area contributed by atoms with Gasteiger partial charge in [-0.2, -0.15) is 0 Å². The van der Waals surface area contributed by atoms with Crippen LogP contribution in [0.4, 0.5) is 0 Å². The standard InChI is InChI=1S/C25H27NO3/c1-19(29-23-13-7-9-20-8-5-6-12-22(20)23)24(27)26-18-25(14-16-28-17-15-25)21-10-3-2-4-11-21/h2-13,19H,14-18H2,1H3,(H,26,27). The van der Waals surface area contributed by atoms with Crippen molar-refractivity contribution in [3.8, 4) is 5.75 Å². The Balaban J connectivity index is 1.45. The van der Waals surface area contributed by atoms with E-state index < -0.39 is 6.10 Å². The lowest BCUT2D eigenvalue weighted by molar-refractivity contribution is -0.127. The van der Waals surface area contributed by atoms with Gasteiger partial charge in [0.2, 0.25) is 0 Å². The zero-order valence-electron chi connectivity index (χ0n) is 16.8. The second-order valence-corrected chi connectivity index (χ2v) is 7.71. The maximum Gasteiger partial charge on any atom is 0.260 e. The molecule has 0 spiro atoms. The maximum absolute atomic E-state index is 12.8. The summed E-state index contributed by atoms with van der Waals surface area (Å²) < 4.78 is 11.6. The van der Waals surface area contributed by atoms with Gasteiger partial charge in [-0.05, 0) is 36.8 Å². The van der Waals surface area contributed by atoms with Crippen LogP contribution in [0.1, 0.15) is 25.3 Å². The second kappa shape index (κ2) is 8.66. The van der Waals surface area contributed by atoms with Gasteiger partial charge in [0.25, 0.3) is 5.91 Å². The number of amides is 1. The highest BCUT2D eigenvalue weighted by Crippen LogP contribution is 2.34. The van der Waals surface area contributed by atoms with Crippen LogP contribution in [0.2, 0.25) is 0 Å². The maximum atomic E-state index is 12.8. The van der Waals surface area contributed by atoms with E-state index in [0.717, 1.165) is 29.4 Å². The van der Waals surface area contributed by atoms with E-state index in [4.69, 9.17) is 9.47 Å². The van der Waals surface area contributed by atoms with Gasteiger partial charge in [-0.15, -0.1) is 0 Å². The summed E-state index contributed by atoms with van der Waals surface area (Å²) >= 11 is 0. The highest BCUT2D eigenvalue weighted by Gasteiger charge is 2.35. The van der Waals surface area contributed by atoms with Crippen LogP contribution in [0.25, 0.3) is 10.8 Å². The molecule has 0 bridgehead atoms. The molecule has 1 unspecified atom stereocenters. The molecule has 1 saturated heterocycles. The molecule has 3 aromatic rings. The smallest absolute Gasteiger partial charge is 0.260 e. The SMILES string of the molecule is CC(Oc1cccc2ccccc12)C(=O)NCC1(c2ccccc2)CCOCC1. The molecular formula is C25H27NO3. The van der Waals surface area contributed by atoms with E-state index in [-0.39, 0.29) is 11.3 Å². The first-order valence-electron chi connectivity index (χ1n) is 10.2. The molecule has 4 heteroatoms. The van der Waals surface area contributed by atoms with E-state index >= 15 is 0 Å². The molecule has 0 saturated carbocycles. The second-order valence-electron chi connectivity index (χ2n) is 7.71. The number of rotatable bonds is 6. The van der Waals surface area contributed by atoms with Crippen LogP contribution in [-0.2, 0) is 14.9 Å². The topological polar surface area (TPSA) is 47.6 Å². The summed E-state index contributed by atoms with van der Waals surface area (Å²) in [6, 6.07) is 24.4. The highest BCUT2D eigenvalue weighted by atomic mass is 16.5. The van der Waals surface area contributed by atoms with E-state index in [1.165, 1.54) is 5.56 Å². The number of ether oxygens (including phenoxy) is 2. The molecule has 1 fully saturated rings. The van der Waals surface area contributed by atoms with Crippen molar-refractivity contribution in [2.45, 2.75) is 31.3 Å². The van der Waals surface area contributed by atoms with Crippen LogP contribution >= 0.6 is 0 Å². The predicted octanol–water partition coefficient (Wildman–Crippen LogP) is 4.47. The van der Waals surface area contributed by atoms with Gasteiger partial charge in [-0.25, -0.2) is 0 Å². The molecule has 1 N–H and O–H groups in total. The van der Waals surface area contributed by atoms with Crippen molar-refractivity contribution in [2.24, 2.45) is 0 Å². The molecule has 1 atom stereocenters. The Bertz CT molecular complexity index is 959. The number of fused-ring (bicyclic) bond motifs is 1. The zero-order chi connectivity index (χ0) is 20.1. The first-order chi connectivity index (χ1) is 14.2. The zero-order valence-corrected chi connectivity index (χ0v) is 16.8. The molecule has 0 radical (unpaired) electrons. The quantitative estimate of drug-likeness (QED) is 0.677. The molecule has 3 aromatic carbocycles. The molecule has 150 valence electrons. The van der Waals surface area contributed by atoms with Gasteiger partial charge in [-0.3, -0.25) is 4.79 Å². The molecule has 1 amide bonds. The first-order valence-corrected chi connectivity index (χ1v) is 10.2. The highest BCUT2D eigenvalue weighted by molar-refractivity contribution is 5.89. The van der Waals surface area contributed by atoms with Gasteiger partial charge in [0, 0.05) is 30.6 Å². The number of carbonyl (C=O) groups excluding carboxylic acids is 1. The van der Waals surface area contributed by atoms with Crippen molar-refractivity contribution in [3.63, 3.8) is 0 Å². The molecule has 29 heavy (non-hydrogen) atoms. The van der Waals surface area contributed by atoms with E-state index in [0.29, 0.717) is 19.8 Å². The Morgan fingerprint density at radius 1 is 1.00 bits per heavy atom. The number of hydrogen-bond acceptors (Lipinski definition) is 3. The Morgan fingerprint density at radius 3 is 2.48 bits per heavy atom. The van der Waals surface area contributed by atoms with Crippen LogP contribution in [-0.4, -0.2) is 31.8 Å². The van der Waals surface area contributed by atoms with E-state index in [2.05, 4.69) is 29.6 Å². The lowest BCUT2D eigenvalue weighted by Crippen LogP contribution is -2.47. The summed E-state index contributed by atoms with van der Waals surface area (Å²) in [6.07, 6.45) is 1.22. The molecule has 4 nitrogen and oxygen atoms in total. The average Bonchev–Trinajstić information content (AvgIpc) is 2.79. The van der Waals surface area contributed by atoms with Crippen molar-refractivity contribution >= 4 is 16.7 Å². The molecule has 1 heterocycles. The van der Waals surface area contributed by atoms with Crippen LogP contribution in [0.3, 0.4) is 0 Å². The minimum atomic E-state index is -0.575. The molecule has 1 aliphatic heterocycles. The number of carbonyl (C=O) groups is 1. The fourth-order valence-electron chi connectivity index (χ4n) is 4.06. The fraction of sp³-hybridized carbons (Fsp3) is 0.320. The minimum Gasteiger partial charge on any atom is -0.480 e. The summed E-state index contributed by atoms with van der Waals surface area (Å²) in [4.78, 5) is 12.8. The Kier molecular flexibility index (Phi) is 5.81. The van der Waals surface area contributed by atoms with Crippen LogP contribution in [0, 0.1) is 0 Å². The van der Waals surface area contributed by atoms with Crippen molar-refractivity contribution in [3.05, 3.63) is 78.4 Å². The normalized spacial score (nSPS) is 16.9. The van der Waals surface area contributed by atoms with E-state index in [9.17, 15) is 4.79 Å². The van der Waals surface area contributed by atoms with Gasteiger partial charge in [-0.1, -0.05) is 66.7 Å². The number of hydrogen-bond donors (Lipinski definition) is 1. The minimum absolute atomic E-state index is 0.0890. The number of benzene rings is 3. The summed E-state index contributed by atoms with van der Waals surface area (Å²) in [5.41, 5.74) is 1.17. The van der Waals surface area contributed by atoms with Gasteiger partial charge < -0.3 is 14.8 Å². The van der Waals surface area contributed by atoms with E-state index in [1.54, 1.807) is 6.92 Å². The lowest BCUT2D eigenvalue weighted by Gasteiger charge is -2.38. The van der Waals surface area contributed by atoms with Crippen molar-refractivity contribution < 1.29 is 14.3 Å². The Hall–Kier alpha value is -2.85. The lowest BCUT2D eigenvalue weighted by atomic mass is 9.74. The van der Waals surface area contributed by atoms with Gasteiger partial charge >= 0.3 is 0 Å². The third-order valence-corrected chi connectivity index (χ3v) is 5.86. The average molecular weight is 389 g/mol. The van der Waals surface area contributed by atoms with Crippen LogP contribution in [0.15, 0.2) is 72.8 Å². The monoisotopic (exact) mass is 389 g/mol. The first kappa shape index (κ1) is 19.5. The summed E-state index contributed by atoms with van der Waals surface area (Å²) in [5.74, 6) is 0.634. The van der Waals surface area contributed by atoms with Crippen LogP contribution in [0.5, 0.6) is 5.75 Å². The Labute approximate surface area is 171 Å². The third-order valence-electron chi connectivity index (χ3n) is 5.86. The van der Waals surface area contributed by atoms with Gasteiger partial charge in [0.15, 0.2) is 6.10 Å².